The molecule has 4 nitrogen and oxygen atoms in total. The van der Waals surface area contributed by atoms with Crippen molar-refractivity contribution in [2.75, 3.05) is 0 Å². The fourth-order valence-corrected chi connectivity index (χ4v) is 3.34. The van der Waals surface area contributed by atoms with Gasteiger partial charge in [0.05, 0.1) is 17.5 Å². The molecule has 1 atom stereocenters. The molecule has 0 amide bonds. The summed E-state index contributed by atoms with van der Waals surface area (Å²) in [5.74, 6) is -1.04. The molecule has 24 heavy (non-hydrogen) atoms. The fraction of sp³-hybridized carbons (Fsp3) is 0.158. The summed E-state index contributed by atoms with van der Waals surface area (Å²) in [4.78, 5) is 25.0. The largest absolute Gasteiger partial charge is 0.425 e. The average Bonchev–Trinajstić information content (AvgIpc) is 2.59. The Hall–Kier alpha value is -2.95. The highest BCUT2D eigenvalue weighted by molar-refractivity contribution is 5.91. The number of pyridine rings is 1. The molecule has 0 saturated heterocycles. The Labute approximate surface area is 137 Å². The highest BCUT2D eigenvalue weighted by Gasteiger charge is 2.33. The number of para-hydroxylation sites is 1. The first-order chi connectivity index (χ1) is 11.6. The normalized spacial score (nSPS) is 16.8. The Bertz CT molecular complexity index is 1040. The summed E-state index contributed by atoms with van der Waals surface area (Å²) >= 11 is 0. The Balaban J connectivity index is 2.07. The number of nitrogens with zero attached hydrogens (tertiary/aromatic N) is 1. The van der Waals surface area contributed by atoms with Crippen LogP contribution in [0.15, 0.2) is 53.3 Å². The second-order valence-electron chi connectivity index (χ2n) is 5.91. The molecule has 3 aromatic rings. The number of ether oxygens (including phenoxy) is 1. The molecule has 1 aromatic heterocycles. The summed E-state index contributed by atoms with van der Waals surface area (Å²) in [5, 5.41) is 0.698. The molecule has 0 radical (unpaired) electrons. The first-order valence-corrected chi connectivity index (χ1v) is 7.64. The van der Waals surface area contributed by atoms with Crippen LogP contribution in [-0.2, 0) is 11.8 Å². The van der Waals surface area contributed by atoms with Gasteiger partial charge in [0, 0.05) is 18.4 Å². The Kier molecular flexibility index (Phi) is 3.23. The van der Waals surface area contributed by atoms with E-state index in [-0.39, 0.29) is 12.0 Å². The minimum absolute atomic E-state index is 0.0179. The van der Waals surface area contributed by atoms with E-state index < -0.39 is 17.7 Å². The predicted octanol–water partition coefficient (Wildman–Crippen LogP) is 3.12. The third-order valence-corrected chi connectivity index (χ3v) is 4.48. The fourth-order valence-electron chi connectivity index (χ4n) is 3.34. The van der Waals surface area contributed by atoms with E-state index in [9.17, 15) is 14.0 Å². The van der Waals surface area contributed by atoms with Gasteiger partial charge in [0.15, 0.2) is 0 Å². The molecule has 1 unspecified atom stereocenters. The van der Waals surface area contributed by atoms with E-state index in [1.54, 1.807) is 29.8 Å². The SMILES string of the molecule is Cn1c(=O)c2c(c3ccccc31)OC(=O)CC2c1cccc(F)c1. The van der Waals surface area contributed by atoms with Gasteiger partial charge in [-0.3, -0.25) is 9.59 Å². The zero-order valence-corrected chi connectivity index (χ0v) is 13.0. The molecule has 2 aromatic carbocycles. The summed E-state index contributed by atoms with van der Waals surface area (Å²) in [6, 6.07) is 13.3. The van der Waals surface area contributed by atoms with Crippen molar-refractivity contribution in [2.45, 2.75) is 12.3 Å². The molecule has 1 aliphatic rings. The van der Waals surface area contributed by atoms with Crippen molar-refractivity contribution >= 4 is 16.9 Å². The van der Waals surface area contributed by atoms with Gasteiger partial charge < -0.3 is 9.30 Å². The lowest BCUT2D eigenvalue weighted by molar-refractivity contribution is -0.135. The smallest absolute Gasteiger partial charge is 0.312 e. The van der Waals surface area contributed by atoms with Crippen molar-refractivity contribution in [3.05, 3.63) is 75.8 Å². The van der Waals surface area contributed by atoms with Crippen LogP contribution in [0.5, 0.6) is 5.75 Å². The van der Waals surface area contributed by atoms with Crippen LogP contribution in [0.1, 0.15) is 23.5 Å². The number of halogens is 1. The molecule has 0 N–H and O–H groups in total. The van der Waals surface area contributed by atoms with Crippen molar-refractivity contribution in [3.63, 3.8) is 0 Å². The van der Waals surface area contributed by atoms with Crippen molar-refractivity contribution in [2.24, 2.45) is 7.05 Å². The minimum atomic E-state index is -0.514. The van der Waals surface area contributed by atoms with Gasteiger partial charge in [-0.05, 0) is 29.8 Å². The third kappa shape index (κ3) is 2.12. The molecule has 0 spiro atoms. The van der Waals surface area contributed by atoms with Crippen LogP contribution >= 0.6 is 0 Å². The number of aryl methyl sites for hydroxylation is 1. The summed E-state index contributed by atoms with van der Waals surface area (Å²) < 4.78 is 20.6. The van der Waals surface area contributed by atoms with Gasteiger partial charge in [-0.15, -0.1) is 0 Å². The van der Waals surface area contributed by atoms with Gasteiger partial charge in [0.2, 0.25) is 0 Å². The molecule has 0 aliphatic carbocycles. The van der Waals surface area contributed by atoms with Gasteiger partial charge >= 0.3 is 5.97 Å². The van der Waals surface area contributed by atoms with E-state index in [0.717, 1.165) is 0 Å². The van der Waals surface area contributed by atoms with Crippen molar-refractivity contribution in [1.82, 2.24) is 4.57 Å². The molecule has 2 heterocycles. The maximum absolute atomic E-state index is 13.6. The third-order valence-electron chi connectivity index (χ3n) is 4.48. The maximum atomic E-state index is 13.6. The zero-order chi connectivity index (χ0) is 16.8. The van der Waals surface area contributed by atoms with Crippen molar-refractivity contribution in [3.8, 4) is 5.75 Å². The number of fused-ring (bicyclic) bond motifs is 3. The summed E-state index contributed by atoms with van der Waals surface area (Å²) in [6.07, 6.45) is 0.0179. The Morgan fingerprint density at radius 1 is 1.12 bits per heavy atom. The van der Waals surface area contributed by atoms with E-state index in [2.05, 4.69) is 0 Å². The molecular formula is C19H14FNO3. The van der Waals surface area contributed by atoms with Gasteiger partial charge in [-0.1, -0.05) is 24.3 Å². The Morgan fingerprint density at radius 2 is 1.92 bits per heavy atom. The second kappa shape index (κ2) is 5.30. The Morgan fingerprint density at radius 3 is 2.71 bits per heavy atom. The lowest BCUT2D eigenvalue weighted by Crippen LogP contribution is -2.31. The maximum Gasteiger partial charge on any atom is 0.312 e. The van der Waals surface area contributed by atoms with E-state index in [1.807, 2.05) is 18.2 Å². The lowest BCUT2D eigenvalue weighted by Gasteiger charge is -2.26. The molecule has 4 rings (SSSR count). The van der Waals surface area contributed by atoms with Crippen LogP contribution in [-0.4, -0.2) is 10.5 Å². The van der Waals surface area contributed by atoms with Gasteiger partial charge in [-0.25, -0.2) is 4.39 Å². The second-order valence-corrected chi connectivity index (χ2v) is 5.91. The lowest BCUT2D eigenvalue weighted by atomic mass is 9.86. The van der Waals surface area contributed by atoms with E-state index in [0.29, 0.717) is 27.8 Å². The van der Waals surface area contributed by atoms with Crippen molar-refractivity contribution in [1.29, 1.82) is 0 Å². The number of aromatic nitrogens is 1. The number of hydrogen-bond acceptors (Lipinski definition) is 3. The number of benzene rings is 2. The zero-order valence-electron chi connectivity index (χ0n) is 13.0. The van der Waals surface area contributed by atoms with E-state index in [1.165, 1.54) is 12.1 Å². The van der Waals surface area contributed by atoms with Gasteiger partial charge in [0.25, 0.3) is 5.56 Å². The summed E-state index contributed by atoms with van der Waals surface area (Å²) in [5.41, 5.74) is 1.46. The van der Waals surface area contributed by atoms with Crippen molar-refractivity contribution < 1.29 is 13.9 Å². The minimum Gasteiger partial charge on any atom is -0.425 e. The highest BCUT2D eigenvalue weighted by atomic mass is 19.1. The van der Waals surface area contributed by atoms with Crippen LogP contribution in [0.4, 0.5) is 4.39 Å². The van der Waals surface area contributed by atoms with E-state index in [4.69, 9.17) is 4.74 Å². The number of carbonyl (C=O) groups is 1. The van der Waals surface area contributed by atoms with Crippen LogP contribution in [0.2, 0.25) is 0 Å². The monoisotopic (exact) mass is 323 g/mol. The van der Waals surface area contributed by atoms with Crippen LogP contribution in [0, 0.1) is 5.82 Å². The molecule has 0 bridgehead atoms. The topological polar surface area (TPSA) is 48.3 Å². The molecule has 0 fully saturated rings. The van der Waals surface area contributed by atoms with Gasteiger partial charge in [-0.2, -0.15) is 0 Å². The quantitative estimate of drug-likeness (QED) is 0.647. The van der Waals surface area contributed by atoms with Crippen LogP contribution in [0.25, 0.3) is 10.9 Å². The predicted molar refractivity (Wildman–Crippen MR) is 87.7 cm³/mol. The molecule has 0 saturated carbocycles. The number of carbonyl (C=O) groups excluding carboxylic acids is 1. The molecule has 1 aliphatic heterocycles. The summed E-state index contributed by atoms with van der Waals surface area (Å²) in [7, 11) is 1.68. The molecule has 120 valence electrons. The number of esters is 1. The standard InChI is InChI=1S/C19H14FNO3/c1-21-15-8-3-2-7-13(15)18-17(19(21)23)14(10-16(22)24-18)11-5-4-6-12(20)9-11/h2-9,14H,10H2,1H3. The first-order valence-electron chi connectivity index (χ1n) is 7.64. The van der Waals surface area contributed by atoms with Crippen LogP contribution in [0.3, 0.4) is 0 Å². The number of hydrogen-bond donors (Lipinski definition) is 0. The summed E-state index contributed by atoms with van der Waals surface area (Å²) in [6.45, 7) is 0. The highest BCUT2D eigenvalue weighted by Crippen LogP contribution is 2.40. The molecule has 5 heteroatoms. The number of rotatable bonds is 1. The van der Waals surface area contributed by atoms with Crippen LogP contribution < -0.4 is 10.3 Å². The molecular weight excluding hydrogens is 309 g/mol. The first kappa shape index (κ1) is 14.6. The van der Waals surface area contributed by atoms with E-state index >= 15 is 0 Å². The van der Waals surface area contributed by atoms with Gasteiger partial charge in [0.1, 0.15) is 11.6 Å². The average molecular weight is 323 g/mol.